The molecule has 0 atom stereocenters. The average Bonchev–Trinajstić information content (AvgIpc) is 2.48. The molecule has 0 N–H and O–H groups in total. The number of hydrogen-bond donors (Lipinski definition) is 0. The van der Waals surface area contributed by atoms with Crippen molar-refractivity contribution >= 4 is 0 Å². The monoisotopic (exact) mass is 132 g/mol. The zero-order valence-electron chi connectivity index (χ0n) is 6.19. The first-order chi connectivity index (χ1) is 4.90. The Labute approximate surface area is 61.9 Å². The van der Waals surface area contributed by atoms with Crippen LogP contribution in [0, 0.1) is 0 Å². The standard InChI is InChI=1S/C10H12/c1-2-3-9-6-8-4-5-10(9)7-8/h2,6H,1,3-5,7H2. The van der Waals surface area contributed by atoms with E-state index < -0.39 is 0 Å². The molecule has 0 heteroatoms. The molecule has 2 bridgehead atoms. The van der Waals surface area contributed by atoms with Gasteiger partial charge in [0.15, 0.2) is 0 Å². The summed E-state index contributed by atoms with van der Waals surface area (Å²) in [5, 5.41) is 0. The summed E-state index contributed by atoms with van der Waals surface area (Å²) in [5.74, 6) is 0. The van der Waals surface area contributed by atoms with E-state index in [2.05, 4.69) is 12.7 Å². The molecular weight excluding hydrogens is 120 g/mol. The fourth-order valence-electron chi connectivity index (χ4n) is 1.87. The molecule has 2 rings (SSSR count). The van der Waals surface area contributed by atoms with Crippen molar-refractivity contribution in [1.82, 2.24) is 0 Å². The summed E-state index contributed by atoms with van der Waals surface area (Å²) in [6.07, 6.45) is 9.38. The van der Waals surface area contributed by atoms with Gasteiger partial charge in [0.2, 0.25) is 0 Å². The van der Waals surface area contributed by atoms with Crippen molar-refractivity contribution in [2.24, 2.45) is 0 Å². The highest BCUT2D eigenvalue weighted by atomic mass is 14.3. The predicted octanol–water partition coefficient (Wildman–Crippen LogP) is 2.98. The summed E-state index contributed by atoms with van der Waals surface area (Å²) >= 11 is 0. The van der Waals surface area contributed by atoms with E-state index in [0.717, 1.165) is 6.42 Å². The minimum Gasteiger partial charge on any atom is -0.103 e. The average molecular weight is 132 g/mol. The molecule has 0 nitrogen and oxygen atoms in total. The zero-order chi connectivity index (χ0) is 6.97. The molecule has 0 heterocycles. The molecule has 2 aliphatic carbocycles. The van der Waals surface area contributed by atoms with Crippen LogP contribution in [-0.4, -0.2) is 0 Å². The number of fused-ring (bicyclic) bond motifs is 2. The Balaban J connectivity index is 2.23. The normalized spacial score (nSPS) is 21.8. The lowest BCUT2D eigenvalue weighted by Gasteiger charge is -2.01. The minimum atomic E-state index is 1.08. The molecule has 1 fully saturated rings. The Hall–Kier alpha value is -0.780. The molecule has 52 valence electrons. The van der Waals surface area contributed by atoms with Crippen LogP contribution in [0.1, 0.15) is 25.7 Å². The molecule has 0 saturated heterocycles. The van der Waals surface area contributed by atoms with E-state index in [9.17, 15) is 0 Å². The van der Waals surface area contributed by atoms with E-state index in [1.54, 1.807) is 16.7 Å². The van der Waals surface area contributed by atoms with Crippen LogP contribution in [0.2, 0.25) is 0 Å². The van der Waals surface area contributed by atoms with Crippen molar-refractivity contribution in [3.63, 3.8) is 0 Å². The topological polar surface area (TPSA) is 0 Å². The van der Waals surface area contributed by atoms with E-state index in [4.69, 9.17) is 0 Å². The van der Waals surface area contributed by atoms with E-state index in [-0.39, 0.29) is 0 Å². The Kier molecular flexibility index (Phi) is 1.26. The van der Waals surface area contributed by atoms with E-state index in [1.807, 2.05) is 6.08 Å². The van der Waals surface area contributed by atoms with Crippen LogP contribution >= 0.6 is 0 Å². The summed E-state index contributed by atoms with van der Waals surface area (Å²) in [4.78, 5) is 0. The van der Waals surface area contributed by atoms with E-state index >= 15 is 0 Å². The van der Waals surface area contributed by atoms with Crippen LogP contribution in [0.15, 0.2) is 35.5 Å². The molecule has 1 saturated carbocycles. The maximum Gasteiger partial charge on any atom is -0.00991 e. The van der Waals surface area contributed by atoms with Crippen LogP contribution in [0.4, 0.5) is 0 Å². The Morgan fingerprint density at radius 2 is 2.40 bits per heavy atom. The lowest BCUT2D eigenvalue weighted by atomic mass is 10.0. The van der Waals surface area contributed by atoms with Crippen molar-refractivity contribution in [1.29, 1.82) is 0 Å². The summed E-state index contributed by atoms with van der Waals surface area (Å²) in [6, 6.07) is 0. The van der Waals surface area contributed by atoms with Crippen LogP contribution in [0.3, 0.4) is 0 Å². The Morgan fingerprint density at radius 3 is 2.90 bits per heavy atom. The van der Waals surface area contributed by atoms with E-state index in [0.29, 0.717) is 0 Å². The van der Waals surface area contributed by atoms with E-state index in [1.165, 1.54) is 19.3 Å². The van der Waals surface area contributed by atoms with Crippen LogP contribution in [0.5, 0.6) is 0 Å². The third-order valence-corrected chi connectivity index (χ3v) is 2.39. The highest BCUT2D eigenvalue weighted by molar-refractivity contribution is 5.44. The number of rotatable bonds is 2. The van der Waals surface area contributed by atoms with Crippen molar-refractivity contribution in [2.75, 3.05) is 0 Å². The summed E-state index contributed by atoms with van der Waals surface area (Å²) in [6.45, 7) is 3.74. The molecule has 2 aliphatic rings. The smallest absolute Gasteiger partial charge is 0.00991 e. The highest BCUT2D eigenvalue weighted by Gasteiger charge is 2.20. The first-order valence-electron chi connectivity index (χ1n) is 3.91. The first kappa shape index (κ1) is 5.96. The Bertz CT molecular complexity index is 228. The fraction of sp³-hybridized carbons (Fsp3) is 0.400. The van der Waals surface area contributed by atoms with Gasteiger partial charge in [-0.05, 0) is 31.3 Å². The second kappa shape index (κ2) is 2.12. The second-order valence-corrected chi connectivity index (χ2v) is 3.10. The highest BCUT2D eigenvalue weighted by Crippen LogP contribution is 2.40. The molecule has 0 unspecified atom stereocenters. The van der Waals surface area contributed by atoms with Crippen LogP contribution in [0.25, 0.3) is 0 Å². The number of allylic oxidation sites excluding steroid dienone is 5. The maximum atomic E-state index is 3.74. The van der Waals surface area contributed by atoms with Crippen LogP contribution < -0.4 is 0 Å². The van der Waals surface area contributed by atoms with Gasteiger partial charge >= 0.3 is 0 Å². The molecule has 0 aromatic heterocycles. The quantitative estimate of drug-likeness (QED) is 0.507. The molecule has 10 heavy (non-hydrogen) atoms. The summed E-state index contributed by atoms with van der Waals surface area (Å²) < 4.78 is 0. The summed E-state index contributed by atoms with van der Waals surface area (Å²) in [7, 11) is 0. The molecule has 0 amide bonds. The van der Waals surface area contributed by atoms with Crippen molar-refractivity contribution in [3.05, 3.63) is 35.5 Å². The largest absolute Gasteiger partial charge is 0.103 e. The van der Waals surface area contributed by atoms with Crippen LogP contribution in [-0.2, 0) is 0 Å². The number of hydrogen-bond acceptors (Lipinski definition) is 0. The van der Waals surface area contributed by atoms with Gasteiger partial charge in [0.05, 0.1) is 0 Å². The minimum absolute atomic E-state index is 1.08. The van der Waals surface area contributed by atoms with Gasteiger partial charge in [0.25, 0.3) is 0 Å². The molecule has 0 aromatic carbocycles. The molecule has 0 radical (unpaired) electrons. The molecule has 0 spiro atoms. The van der Waals surface area contributed by atoms with Crippen molar-refractivity contribution in [2.45, 2.75) is 25.7 Å². The fourth-order valence-corrected chi connectivity index (χ4v) is 1.87. The van der Waals surface area contributed by atoms with Crippen molar-refractivity contribution < 1.29 is 0 Å². The molecular formula is C10H12. The lowest BCUT2D eigenvalue weighted by Crippen LogP contribution is -1.82. The second-order valence-electron chi connectivity index (χ2n) is 3.10. The molecule has 0 aromatic rings. The summed E-state index contributed by atoms with van der Waals surface area (Å²) in [5.41, 5.74) is 4.87. The van der Waals surface area contributed by atoms with Gasteiger partial charge in [-0.15, -0.1) is 6.58 Å². The maximum absolute atomic E-state index is 3.74. The van der Waals surface area contributed by atoms with Gasteiger partial charge in [-0.3, -0.25) is 0 Å². The third-order valence-electron chi connectivity index (χ3n) is 2.39. The predicted molar refractivity (Wildman–Crippen MR) is 43.8 cm³/mol. The van der Waals surface area contributed by atoms with Gasteiger partial charge in [0.1, 0.15) is 0 Å². The van der Waals surface area contributed by atoms with Gasteiger partial charge in [-0.2, -0.15) is 0 Å². The van der Waals surface area contributed by atoms with Gasteiger partial charge in [-0.1, -0.05) is 23.3 Å². The zero-order valence-corrected chi connectivity index (χ0v) is 6.19. The first-order valence-corrected chi connectivity index (χ1v) is 3.91. The lowest BCUT2D eigenvalue weighted by molar-refractivity contribution is 1.00. The SMILES string of the molecule is C=CCC1=C2CCC(=C1)C2. The van der Waals surface area contributed by atoms with Gasteiger partial charge in [-0.25, -0.2) is 0 Å². The van der Waals surface area contributed by atoms with Gasteiger partial charge < -0.3 is 0 Å². The molecule has 0 aliphatic heterocycles. The third kappa shape index (κ3) is 0.756. The Morgan fingerprint density at radius 1 is 1.50 bits per heavy atom. The van der Waals surface area contributed by atoms with Gasteiger partial charge in [0, 0.05) is 0 Å². The van der Waals surface area contributed by atoms with Crippen molar-refractivity contribution in [3.8, 4) is 0 Å².